The summed E-state index contributed by atoms with van der Waals surface area (Å²) >= 11 is 1.76. The predicted molar refractivity (Wildman–Crippen MR) is 109 cm³/mol. The van der Waals surface area contributed by atoms with Crippen LogP contribution in [0.25, 0.3) is 10.2 Å². The minimum atomic E-state index is -0.549. The van der Waals surface area contributed by atoms with E-state index >= 15 is 0 Å². The molecule has 0 spiro atoms. The molecule has 1 amide bonds. The lowest BCUT2D eigenvalue weighted by Gasteiger charge is -2.32. The van der Waals surface area contributed by atoms with E-state index in [1.165, 1.54) is 9.71 Å². The van der Waals surface area contributed by atoms with Gasteiger partial charge in [0.15, 0.2) is 6.10 Å². The van der Waals surface area contributed by atoms with Crippen molar-refractivity contribution in [3.05, 3.63) is 59.1 Å². The van der Waals surface area contributed by atoms with Gasteiger partial charge in [0.05, 0.1) is 26.9 Å². The van der Waals surface area contributed by atoms with Crippen molar-refractivity contribution >= 4 is 27.5 Å². The van der Waals surface area contributed by atoms with Gasteiger partial charge >= 0.3 is 0 Å². The summed E-state index contributed by atoms with van der Waals surface area (Å²) in [4.78, 5) is 19.4. The Kier molecular flexibility index (Phi) is 5.27. The zero-order chi connectivity index (χ0) is 19.5. The lowest BCUT2D eigenvalue weighted by molar-refractivity contribution is -0.139. The first-order valence-corrected chi connectivity index (χ1v) is 10.3. The molecule has 142 valence electrons. The molecule has 0 aliphatic carbocycles. The van der Waals surface area contributed by atoms with Crippen LogP contribution >= 0.6 is 11.3 Å². The van der Waals surface area contributed by atoms with E-state index in [4.69, 9.17) is 15.0 Å². The number of rotatable bonds is 4. The van der Waals surface area contributed by atoms with Crippen LogP contribution in [0.5, 0.6) is 5.75 Å². The largest absolute Gasteiger partial charge is 0.481 e. The summed E-state index contributed by atoms with van der Waals surface area (Å²) in [6.07, 6.45) is 1.30. The maximum absolute atomic E-state index is 12.7. The number of aromatic nitrogens is 1. The van der Waals surface area contributed by atoms with E-state index in [1.54, 1.807) is 42.5 Å². The summed E-state index contributed by atoms with van der Waals surface area (Å²) in [7, 11) is 0. The van der Waals surface area contributed by atoms with Gasteiger partial charge in [0.25, 0.3) is 5.91 Å². The number of carbonyl (C=O) groups excluding carboxylic acids is 1. The maximum atomic E-state index is 12.7. The SMILES string of the molecule is C[C@H](Oc1ccc(C#N)cc1)C(=O)N1CCC(c2nc3ccccc3s2)CC1. The second-order valence-electron chi connectivity index (χ2n) is 7.02. The van der Waals surface area contributed by atoms with Crippen LogP contribution < -0.4 is 4.74 Å². The molecule has 0 saturated carbocycles. The number of para-hydroxylation sites is 1. The number of ether oxygens (including phenoxy) is 1. The third-order valence-corrected chi connectivity index (χ3v) is 6.31. The molecule has 2 aromatic carbocycles. The minimum Gasteiger partial charge on any atom is -0.481 e. The Labute approximate surface area is 168 Å². The topological polar surface area (TPSA) is 66.2 Å². The quantitative estimate of drug-likeness (QED) is 0.663. The van der Waals surface area contributed by atoms with Gasteiger partial charge in [-0.3, -0.25) is 4.79 Å². The Bertz CT molecular complexity index is 981. The number of likely N-dealkylation sites (tertiary alicyclic amines) is 1. The number of nitrogens with zero attached hydrogens (tertiary/aromatic N) is 3. The number of piperidine rings is 1. The van der Waals surface area contributed by atoms with Crippen LogP contribution in [0.3, 0.4) is 0 Å². The molecule has 2 heterocycles. The normalized spacial score (nSPS) is 15.9. The van der Waals surface area contributed by atoms with Crippen LogP contribution in [0.1, 0.15) is 36.3 Å². The first-order valence-electron chi connectivity index (χ1n) is 9.45. The molecule has 1 saturated heterocycles. The van der Waals surface area contributed by atoms with Crippen molar-refractivity contribution in [3.63, 3.8) is 0 Å². The summed E-state index contributed by atoms with van der Waals surface area (Å²) in [5.74, 6) is 1.02. The van der Waals surface area contributed by atoms with E-state index in [2.05, 4.69) is 18.2 Å². The highest BCUT2D eigenvalue weighted by atomic mass is 32.1. The molecule has 1 atom stereocenters. The van der Waals surface area contributed by atoms with Gasteiger partial charge in [-0.1, -0.05) is 12.1 Å². The first kappa shape index (κ1) is 18.5. The number of thiazole rings is 1. The fraction of sp³-hybridized carbons (Fsp3) is 0.318. The molecule has 0 N–H and O–H groups in total. The highest BCUT2D eigenvalue weighted by molar-refractivity contribution is 7.18. The zero-order valence-corrected chi connectivity index (χ0v) is 16.5. The average molecular weight is 391 g/mol. The van der Waals surface area contributed by atoms with Crippen LogP contribution in [0.4, 0.5) is 0 Å². The van der Waals surface area contributed by atoms with Gasteiger partial charge in [-0.25, -0.2) is 4.98 Å². The van der Waals surface area contributed by atoms with E-state index in [0.29, 0.717) is 17.2 Å². The Morgan fingerprint density at radius 1 is 1.21 bits per heavy atom. The van der Waals surface area contributed by atoms with Gasteiger partial charge < -0.3 is 9.64 Å². The van der Waals surface area contributed by atoms with E-state index in [0.717, 1.165) is 31.4 Å². The molecule has 28 heavy (non-hydrogen) atoms. The van der Waals surface area contributed by atoms with Crippen LogP contribution in [0, 0.1) is 11.3 Å². The number of benzene rings is 2. The van der Waals surface area contributed by atoms with E-state index in [9.17, 15) is 4.79 Å². The van der Waals surface area contributed by atoms with Crippen molar-refractivity contribution in [2.75, 3.05) is 13.1 Å². The third kappa shape index (κ3) is 3.85. The Morgan fingerprint density at radius 3 is 2.61 bits per heavy atom. The number of carbonyl (C=O) groups is 1. The lowest BCUT2D eigenvalue weighted by atomic mass is 9.97. The van der Waals surface area contributed by atoms with Gasteiger partial charge in [0, 0.05) is 19.0 Å². The second-order valence-corrected chi connectivity index (χ2v) is 8.08. The van der Waals surface area contributed by atoms with Crippen molar-refractivity contribution in [1.29, 1.82) is 5.26 Å². The molecular formula is C22H21N3O2S. The van der Waals surface area contributed by atoms with Gasteiger partial charge in [0.2, 0.25) is 0 Å². The Hall–Kier alpha value is -2.91. The van der Waals surface area contributed by atoms with E-state index in [-0.39, 0.29) is 5.91 Å². The van der Waals surface area contributed by atoms with Gasteiger partial charge in [-0.15, -0.1) is 11.3 Å². The fourth-order valence-electron chi connectivity index (χ4n) is 3.53. The van der Waals surface area contributed by atoms with Crippen molar-refractivity contribution < 1.29 is 9.53 Å². The fourth-order valence-corrected chi connectivity index (χ4v) is 4.67. The summed E-state index contributed by atoms with van der Waals surface area (Å²) in [6.45, 7) is 3.22. The highest BCUT2D eigenvalue weighted by Crippen LogP contribution is 2.34. The average Bonchev–Trinajstić information content (AvgIpc) is 3.18. The number of hydrogen-bond acceptors (Lipinski definition) is 5. The smallest absolute Gasteiger partial charge is 0.263 e. The van der Waals surface area contributed by atoms with Gasteiger partial charge in [-0.05, 0) is 56.2 Å². The van der Waals surface area contributed by atoms with Crippen molar-refractivity contribution in [1.82, 2.24) is 9.88 Å². The Morgan fingerprint density at radius 2 is 1.93 bits per heavy atom. The Balaban J connectivity index is 1.34. The predicted octanol–water partition coefficient (Wildman–Crippen LogP) is 4.34. The molecule has 3 aromatic rings. The lowest BCUT2D eigenvalue weighted by Crippen LogP contribution is -2.44. The minimum absolute atomic E-state index is 0.00658. The molecular weight excluding hydrogens is 370 g/mol. The van der Waals surface area contributed by atoms with Crippen LogP contribution in [0.2, 0.25) is 0 Å². The molecule has 1 fully saturated rings. The number of hydrogen-bond donors (Lipinski definition) is 0. The molecule has 6 heteroatoms. The zero-order valence-electron chi connectivity index (χ0n) is 15.7. The van der Waals surface area contributed by atoms with Gasteiger partial charge in [-0.2, -0.15) is 5.26 Å². The summed E-state index contributed by atoms with van der Waals surface area (Å²) < 4.78 is 6.99. The van der Waals surface area contributed by atoms with Crippen LogP contribution in [0.15, 0.2) is 48.5 Å². The third-order valence-electron chi connectivity index (χ3n) is 5.11. The van der Waals surface area contributed by atoms with Crippen molar-refractivity contribution in [3.8, 4) is 11.8 Å². The molecule has 1 aliphatic rings. The standard InChI is InChI=1S/C22H21N3O2S/c1-15(27-18-8-6-16(14-23)7-9-18)22(26)25-12-10-17(11-13-25)21-24-19-4-2-3-5-20(19)28-21/h2-9,15,17H,10-13H2,1H3/t15-/m0/s1. The van der Waals surface area contributed by atoms with Crippen LogP contribution in [-0.2, 0) is 4.79 Å². The summed E-state index contributed by atoms with van der Waals surface area (Å²) in [5.41, 5.74) is 1.63. The summed E-state index contributed by atoms with van der Waals surface area (Å²) in [6, 6.07) is 17.1. The molecule has 0 bridgehead atoms. The number of nitriles is 1. The van der Waals surface area contributed by atoms with E-state index < -0.39 is 6.10 Å². The molecule has 4 rings (SSSR count). The van der Waals surface area contributed by atoms with Crippen molar-refractivity contribution in [2.45, 2.75) is 31.8 Å². The molecule has 0 radical (unpaired) electrons. The molecule has 5 nitrogen and oxygen atoms in total. The molecule has 1 aliphatic heterocycles. The highest BCUT2D eigenvalue weighted by Gasteiger charge is 2.29. The number of amides is 1. The molecule has 1 aromatic heterocycles. The van der Waals surface area contributed by atoms with E-state index in [1.807, 2.05) is 17.0 Å². The monoisotopic (exact) mass is 391 g/mol. The summed E-state index contributed by atoms with van der Waals surface area (Å²) in [5, 5.41) is 10.0. The first-order chi connectivity index (χ1) is 13.6. The second kappa shape index (κ2) is 7.99. The maximum Gasteiger partial charge on any atom is 0.263 e. The van der Waals surface area contributed by atoms with Crippen LogP contribution in [-0.4, -0.2) is 35.0 Å². The van der Waals surface area contributed by atoms with Crippen molar-refractivity contribution in [2.24, 2.45) is 0 Å². The molecule has 0 unspecified atom stereocenters. The van der Waals surface area contributed by atoms with Gasteiger partial charge in [0.1, 0.15) is 5.75 Å². The number of fused-ring (bicyclic) bond motifs is 1.